The van der Waals surface area contributed by atoms with Crippen molar-refractivity contribution in [2.45, 2.75) is 38.8 Å². The highest BCUT2D eigenvalue weighted by Gasteiger charge is 2.17. The Morgan fingerprint density at radius 3 is 2.95 bits per heavy atom. The summed E-state index contributed by atoms with van der Waals surface area (Å²) >= 11 is 0. The summed E-state index contributed by atoms with van der Waals surface area (Å²) in [6.07, 6.45) is 3.74. The van der Waals surface area contributed by atoms with Crippen LogP contribution in [0.25, 0.3) is 0 Å². The van der Waals surface area contributed by atoms with Gasteiger partial charge in [-0.15, -0.1) is 0 Å². The zero-order valence-electron chi connectivity index (χ0n) is 11.5. The molecule has 0 amide bonds. The molecule has 19 heavy (non-hydrogen) atoms. The fourth-order valence-corrected chi connectivity index (χ4v) is 2.62. The van der Waals surface area contributed by atoms with Crippen molar-refractivity contribution in [3.05, 3.63) is 29.6 Å². The Balaban J connectivity index is 1.95. The molecule has 1 unspecified atom stereocenters. The van der Waals surface area contributed by atoms with E-state index in [1.807, 2.05) is 0 Å². The highest BCUT2D eigenvalue weighted by atomic mass is 19.1. The molecule has 106 valence electrons. The van der Waals surface area contributed by atoms with Crippen molar-refractivity contribution in [1.82, 2.24) is 10.2 Å². The molecule has 4 heteroatoms. The molecule has 0 saturated carbocycles. The Hall–Kier alpha value is -1.13. The third-order valence-corrected chi connectivity index (χ3v) is 3.77. The molecule has 1 aliphatic rings. The predicted octanol–water partition coefficient (Wildman–Crippen LogP) is 2.50. The van der Waals surface area contributed by atoms with Gasteiger partial charge in [0.25, 0.3) is 0 Å². The molecule has 0 radical (unpaired) electrons. The van der Waals surface area contributed by atoms with Crippen LogP contribution in [0.5, 0.6) is 5.75 Å². The van der Waals surface area contributed by atoms with Crippen molar-refractivity contribution in [1.29, 1.82) is 0 Å². The van der Waals surface area contributed by atoms with Gasteiger partial charge >= 0.3 is 0 Å². The van der Waals surface area contributed by atoms with Crippen LogP contribution in [0.4, 0.5) is 4.39 Å². The van der Waals surface area contributed by atoms with Gasteiger partial charge < -0.3 is 10.4 Å². The van der Waals surface area contributed by atoms with E-state index in [4.69, 9.17) is 0 Å². The minimum Gasteiger partial charge on any atom is -0.508 e. The van der Waals surface area contributed by atoms with E-state index < -0.39 is 0 Å². The second-order valence-electron chi connectivity index (χ2n) is 5.25. The van der Waals surface area contributed by atoms with Gasteiger partial charge in [0.2, 0.25) is 0 Å². The Morgan fingerprint density at radius 2 is 2.26 bits per heavy atom. The van der Waals surface area contributed by atoms with Crippen molar-refractivity contribution < 1.29 is 9.50 Å². The van der Waals surface area contributed by atoms with Gasteiger partial charge in [-0.3, -0.25) is 4.90 Å². The summed E-state index contributed by atoms with van der Waals surface area (Å²) in [5.41, 5.74) is 0.664. The molecule has 1 aromatic carbocycles. The highest BCUT2D eigenvalue weighted by molar-refractivity contribution is 5.32. The van der Waals surface area contributed by atoms with Crippen LogP contribution in [0.1, 0.15) is 31.7 Å². The van der Waals surface area contributed by atoms with Crippen LogP contribution in [-0.2, 0) is 6.54 Å². The molecule has 0 spiro atoms. The molecule has 2 rings (SSSR count). The maximum Gasteiger partial charge on any atom is 0.123 e. The number of phenolic OH excluding ortho intramolecular Hbond substituents is 1. The number of likely N-dealkylation sites (N-methyl/N-ethyl adjacent to an activating group) is 1. The first-order valence-electron chi connectivity index (χ1n) is 7.12. The van der Waals surface area contributed by atoms with Crippen LogP contribution in [0.15, 0.2) is 18.2 Å². The Kier molecular flexibility index (Phi) is 5.16. The van der Waals surface area contributed by atoms with Crippen molar-refractivity contribution >= 4 is 0 Å². The third kappa shape index (κ3) is 4.18. The van der Waals surface area contributed by atoms with Crippen LogP contribution < -0.4 is 5.32 Å². The number of piperidine rings is 1. The molecule has 2 N–H and O–H groups in total. The zero-order chi connectivity index (χ0) is 13.7. The molecule has 1 aromatic rings. The normalized spacial score (nSPS) is 19.8. The molecule has 1 heterocycles. The lowest BCUT2D eigenvalue weighted by Gasteiger charge is -2.30. The molecule has 1 saturated heterocycles. The molecule has 0 bridgehead atoms. The van der Waals surface area contributed by atoms with Gasteiger partial charge in [-0.25, -0.2) is 4.39 Å². The number of hydrogen-bond acceptors (Lipinski definition) is 3. The summed E-state index contributed by atoms with van der Waals surface area (Å²) in [6.45, 7) is 5.63. The van der Waals surface area contributed by atoms with Crippen LogP contribution >= 0.6 is 0 Å². The maximum atomic E-state index is 13.2. The van der Waals surface area contributed by atoms with E-state index in [1.165, 1.54) is 37.5 Å². The van der Waals surface area contributed by atoms with E-state index in [-0.39, 0.29) is 11.6 Å². The van der Waals surface area contributed by atoms with Crippen molar-refractivity contribution in [2.24, 2.45) is 0 Å². The molecule has 1 fully saturated rings. The zero-order valence-corrected chi connectivity index (χ0v) is 11.5. The molecular weight excluding hydrogens is 243 g/mol. The van der Waals surface area contributed by atoms with E-state index in [0.717, 1.165) is 19.6 Å². The Labute approximate surface area is 114 Å². The minimum atomic E-state index is -0.292. The Morgan fingerprint density at radius 1 is 1.42 bits per heavy atom. The molecule has 1 aliphatic heterocycles. The molecule has 3 nitrogen and oxygen atoms in total. The van der Waals surface area contributed by atoms with Gasteiger partial charge in [0, 0.05) is 24.7 Å². The van der Waals surface area contributed by atoms with Crippen LogP contribution in [0.2, 0.25) is 0 Å². The van der Waals surface area contributed by atoms with Gasteiger partial charge in [0.15, 0.2) is 0 Å². The lowest BCUT2D eigenvalue weighted by Crippen LogP contribution is -2.43. The van der Waals surface area contributed by atoms with E-state index in [1.54, 1.807) is 0 Å². The second kappa shape index (κ2) is 6.87. The summed E-state index contributed by atoms with van der Waals surface area (Å²) in [5, 5.41) is 13.3. The number of aromatic hydroxyl groups is 1. The average Bonchev–Trinajstić information content (AvgIpc) is 2.43. The van der Waals surface area contributed by atoms with Gasteiger partial charge in [-0.2, -0.15) is 0 Å². The van der Waals surface area contributed by atoms with Gasteiger partial charge in [0.1, 0.15) is 11.6 Å². The number of phenols is 1. The molecular formula is C15H23FN2O. The fraction of sp³-hybridized carbons (Fsp3) is 0.600. The standard InChI is InChI=1S/C15H23FN2O/c1-2-18(11-14-5-3-4-8-17-14)10-12-9-13(16)6-7-15(12)19/h6-7,9,14,17,19H,2-5,8,10-11H2,1H3. The lowest BCUT2D eigenvalue weighted by atomic mass is 10.0. The number of halogens is 1. The molecule has 0 aliphatic carbocycles. The lowest BCUT2D eigenvalue weighted by molar-refractivity contribution is 0.224. The summed E-state index contributed by atoms with van der Waals surface area (Å²) in [5.74, 6) is -0.115. The number of nitrogens with one attached hydrogen (secondary N) is 1. The first-order valence-corrected chi connectivity index (χ1v) is 7.12. The van der Waals surface area contributed by atoms with Gasteiger partial charge in [-0.1, -0.05) is 13.3 Å². The largest absolute Gasteiger partial charge is 0.508 e. The first kappa shape index (κ1) is 14.3. The number of rotatable bonds is 5. The number of hydrogen-bond donors (Lipinski definition) is 2. The van der Waals surface area contributed by atoms with Gasteiger partial charge in [-0.05, 0) is 44.1 Å². The topological polar surface area (TPSA) is 35.5 Å². The summed E-state index contributed by atoms with van der Waals surface area (Å²) in [6, 6.07) is 4.66. The van der Waals surface area contributed by atoms with Gasteiger partial charge in [0.05, 0.1) is 0 Å². The fourth-order valence-electron chi connectivity index (χ4n) is 2.62. The van der Waals surface area contributed by atoms with Crippen molar-refractivity contribution in [3.8, 4) is 5.75 Å². The Bertz CT molecular complexity index is 405. The second-order valence-corrected chi connectivity index (χ2v) is 5.25. The third-order valence-electron chi connectivity index (χ3n) is 3.77. The average molecular weight is 266 g/mol. The highest BCUT2D eigenvalue weighted by Crippen LogP contribution is 2.20. The van der Waals surface area contributed by atoms with Crippen LogP contribution in [0.3, 0.4) is 0 Å². The summed E-state index contributed by atoms with van der Waals surface area (Å²) in [4.78, 5) is 2.25. The van der Waals surface area contributed by atoms with Crippen molar-refractivity contribution in [2.75, 3.05) is 19.6 Å². The maximum absolute atomic E-state index is 13.2. The smallest absolute Gasteiger partial charge is 0.123 e. The molecule has 1 atom stereocenters. The monoisotopic (exact) mass is 266 g/mol. The van der Waals surface area contributed by atoms with E-state index >= 15 is 0 Å². The van der Waals surface area contributed by atoms with Crippen LogP contribution in [0, 0.1) is 5.82 Å². The first-order chi connectivity index (χ1) is 9.19. The number of benzene rings is 1. The minimum absolute atomic E-state index is 0.177. The van der Waals surface area contributed by atoms with E-state index in [2.05, 4.69) is 17.1 Å². The number of nitrogens with zero attached hydrogens (tertiary/aromatic N) is 1. The summed E-state index contributed by atoms with van der Waals surface area (Å²) in [7, 11) is 0. The predicted molar refractivity (Wildman–Crippen MR) is 74.7 cm³/mol. The SMILES string of the molecule is CCN(Cc1cc(F)ccc1O)CC1CCCCN1. The van der Waals surface area contributed by atoms with E-state index in [9.17, 15) is 9.50 Å². The van der Waals surface area contributed by atoms with Crippen LogP contribution in [-0.4, -0.2) is 35.7 Å². The molecule has 0 aromatic heterocycles. The van der Waals surface area contributed by atoms with E-state index in [0.29, 0.717) is 18.2 Å². The quantitative estimate of drug-likeness (QED) is 0.859. The van der Waals surface area contributed by atoms with Crippen molar-refractivity contribution in [3.63, 3.8) is 0 Å². The summed E-state index contributed by atoms with van der Waals surface area (Å²) < 4.78 is 13.2.